The Labute approximate surface area is 227 Å². The van der Waals surface area contributed by atoms with Crippen LogP contribution in [0.15, 0.2) is 30.3 Å². The standard InChI is InChI=1S/C31H43N5O2/c1-2-5-24(6-3-1)19-35-15-9-26-27(20-35)33-29(32-21-31-11-7-25(8-12-31)38-23-31)34-28(26)36-16-13-30(14-17-36)10-4-18-37-22-30/h1-3,5-6,25H,4,7-23H2,(H,32,33,34). The summed E-state index contributed by atoms with van der Waals surface area (Å²) in [5.41, 5.74) is 4.57. The fourth-order valence-electron chi connectivity index (χ4n) is 7.58. The lowest BCUT2D eigenvalue weighted by atomic mass is 9.71. The van der Waals surface area contributed by atoms with E-state index >= 15 is 0 Å². The van der Waals surface area contributed by atoms with Gasteiger partial charge in [-0.15, -0.1) is 0 Å². The zero-order chi connectivity index (χ0) is 25.4. The summed E-state index contributed by atoms with van der Waals surface area (Å²) in [4.78, 5) is 15.5. The first-order valence-electron chi connectivity index (χ1n) is 15.0. The monoisotopic (exact) mass is 517 g/mol. The van der Waals surface area contributed by atoms with Crippen LogP contribution < -0.4 is 10.2 Å². The van der Waals surface area contributed by atoms with Gasteiger partial charge in [-0.25, -0.2) is 4.98 Å². The first-order valence-corrected chi connectivity index (χ1v) is 15.0. The average Bonchev–Trinajstić information content (AvgIpc) is 2.98. The second-order valence-electron chi connectivity index (χ2n) is 12.7. The summed E-state index contributed by atoms with van der Waals surface area (Å²) in [5, 5.41) is 3.71. The minimum Gasteiger partial charge on any atom is -0.381 e. The van der Waals surface area contributed by atoms with Gasteiger partial charge in [-0.3, -0.25) is 4.90 Å². The quantitative estimate of drug-likeness (QED) is 0.590. The number of piperidine rings is 1. The summed E-state index contributed by atoms with van der Waals surface area (Å²) < 4.78 is 12.0. The van der Waals surface area contributed by atoms with Gasteiger partial charge in [0.1, 0.15) is 5.82 Å². The number of nitrogens with zero attached hydrogens (tertiary/aromatic N) is 4. The molecule has 4 saturated heterocycles. The molecule has 0 radical (unpaired) electrons. The molecule has 1 aromatic heterocycles. The van der Waals surface area contributed by atoms with Gasteiger partial charge < -0.3 is 19.7 Å². The van der Waals surface area contributed by atoms with Crippen molar-refractivity contribution in [1.29, 1.82) is 0 Å². The van der Waals surface area contributed by atoms with Crippen molar-refractivity contribution in [2.75, 3.05) is 56.2 Å². The largest absolute Gasteiger partial charge is 0.381 e. The van der Waals surface area contributed by atoms with E-state index in [1.165, 1.54) is 74.0 Å². The second-order valence-corrected chi connectivity index (χ2v) is 12.7. The summed E-state index contributed by atoms with van der Waals surface area (Å²) >= 11 is 0. The van der Waals surface area contributed by atoms with E-state index in [4.69, 9.17) is 19.4 Å². The van der Waals surface area contributed by atoms with Crippen LogP contribution in [0.3, 0.4) is 0 Å². The van der Waals surface area contributed by atoms with E-state index in [0.717, 1.165) is 71.5 Å². The van der Waals surface area contributed by atoms with Gasteiger partial charge in [-0.2, -0.15) is 4.98 Å². The van der Waals surface area contributed by atoms with Crippen molar-refractivity contribution < 1.29 is 9.47 Å². The molecule has 1 saturated carbocycles. The molecule has 7 heteroatoms. The molecule has 1 N–H and O–H groups in total. The molecule has 7 nitrogen and oxygen atoms in total. The number of fused-ring (bicyclic) bond motifs is 4. The maximum Gasteiger partial charge on any atom is 0.224 e. The van der Waals surface area contributed by atoms with Crippen molar-refractivity contribution in [2.45, 2.75) is 77.0 Å². The number of aromatic nitrogens is 2. The van der Waals surface area contributed by atoms with Gasteiger partial charge in [0.25, 0.3) is 0 Å². The third kappa shape index (κ3) is 5.05. The van der Waals surface area contributed by atoms with Gasteiger partial charge in [-0.1, -0.05) is 30.3 Å². The molecule has 2 aromatic rings. The molecule has 1 aliphatic carbocycles. The molecular formula is C31H43N5O2. The van der Waals surface area contributed by atoms with Gasteiger partial charge >= 0.3 is 0 Å². The Kier molecular flexibility index (Phi) is 6.78. The van der Waals surface area contributed by atoms with Crippen molar-refractivity contribution in [3.63, 3.8) is 0 Å². The molecule has 0 unspecified atom stereocenters. The molecule has 5 fully saturated rings. The Balaban J connectivity index is 1.12. The number of nitrogens with one attached hydrogen (secondary N) is 1. The predicted molar refractivity (Wildman–Crippen MR) is 149 cm³/mol. The van der Waals surface area contributed by atoms with Crippen molar-refractivity contribution in [3.05, 3.63) is 47.2 Å². The summed E-state index contributed by atoms with van der Waals surface area (Å²) in [6.07, 6.45) is 11.4. The molecule has 0 atom stereocenters. The Morgan fingerprint density at radius 3 is 2.53 bits per heavy atom. The van der Waals surface area contributed by atoms with E-state index in [9.17, 15) is 0 Å². The maximum atomic E-state index is 6.10. The second kappa shape index (κ2) is 10.4. The minimum absolute atomic E-state index is 0.242. The molecule has 6 aliphatic rings. The van der Waals surface area contributed by atoms with Crippen molar-refractivity contribution in [2.24, 2.45) is 10.8 Å². The molecule has 1 spiro atoms. The lowest BCUT2D eigenvalue weighted by Gasteiger charge is -2.46. The van der Waals surface area contributed by atoms with Gasteiger partial charge in [-0.05, 0) is 68.8 Å². The van der Waals surface area contributed by atoms with Crippen LogP contribution in [0.2, 0.25) is 0 Å². The van der Waals surface area contributed by atoms with Gasteiger partial charge in [0.15, 0.2) is 0 Å². The third-order valence-electron chi connectivity index (χ3n) is 10.1. The Morgan fingerprint density at radius 1 is 0.947 bits per heavy atom. The number of ether oxygens (including phenoxy) is 2. The predicted octanol–water partition coefficient (Wildman–Crippen LogP) is 4.80. The van der Waals surface area contributed by atoms with Gasteiger partial charge in [0.2, 0.25) is 5.95 Å². The average molecular weight is 518 g/mol. The van der Waals surface area contributed by atoms with E-state index in [1.807, 2.05) is 0 Å². The molecule has 6 heterocycles. The lowest BCUT2D eigenvalue weighted by Crippen LogP contribution is -2.47. The van der Waals surface area contributed by atoms with E-state index in [2.05, 4.69) is 45.4 Å². The maximum absolute atomic E-state index is 6.10. The van der Waals surface area contributed by atoms with Crippen LogP contribution in [0.1, 0.15) is 68.2 Å². The Bertz CT molecular complexity index is 1090. The molecule has 2 bridgehead atoms. The molecule has 1 aromatic carbocycles. The zero-order valence-electron chi connectivity index (χ0n) is 22.8. The van der Waals surface area contributed by atoms with Crippen LogP contribution in [-0.4, -0.2) is 67.0 Å². The highest BCUT2D eigenvalue weighted by atomic mass is 16.5. The van der Waals surface area contributed by atoms with Gasteiger partial charge in [0, 0.05) is 56.9 Å². The number of benzene rings is 1. The first-order chi connectivity index (χ1) is 18.7. The lowest BCUT2D eigenvalue weighted by molar-refractivity contribution is -0.108. The Hall–Kier alpha value is -2.22. The van der Waals surface area contributed by atoms with Crippen LogP contribution in [0.5, 0.6) is 0 Å². The van der Waals surface area contributed by atoms with Crippen LogP contribution in [0.4, 0.5) is 11.8 Å². The SMILES string of the molecule is c1ccc(CN2CCc3c(nc(NCC45CCC(CC4)OC5)nc3N3CCC4(CCCOC4)CC3)C2)cc1. The highest BCUT2D eigenvalue weighted by Crippen LogP contribution is 2.44. The number of hydrogen-bond donors (Lipinski definition) is 1. The topological polar surface area (TPSA) is 62.8 Å². The highest BCUT2D eigenvalue weighted by molar-refractivity contribution is 5.54. The molecule has 8 rings (SSSR count). The van der Waals surface area contributed by atoms with Crippen LogP contribution >= 0.6 is 0 Å². The van der Waals surface area contributed by atoms with Crippen molar-refractivity contribution >= 4 is 11.8 Å². The van der Waals surface area contributed by atoms with Crippen molar-refractivity contribution in [1.82, 2.24) is 14.9 Å². The summed E-state index contributed by atoms with van der Waals surface area (Å²) in [5.74, 6) is 1.99. The van der Waals surface area contributed by atoms with Crippen LogP contribution in [0.25, 0.3) is 0 Å². The molecule has 5 aliphatic heterocycles. The smallest absolute Gasteiger partial charge is 0.224 e. The summed E-state index contributed by atoms with van der Waals surface area (Å²) in [7, 11) is 0. The number of anilines is 2. The summed E-state index contributed by atoms with van der Waals surface area (Å²) in [6, 6.07) is 10.8. The molecule has 0 amide bonds. The fraction of sp³-hybridized carbons (Fsp3) is 0.677. The zero-order valence-corrected chi connectivity index (χ0v) is 22.8. The number of rotatable bonds is 6. The fourth-order valence-corrected chi connectivity index (χ4v) is 7.58. The van der Waals surface area contributed by atoms with E-state index < -0.39 is 0 Å². The van der Waals surface area contributed by atoms with Crippen LogP contribution in [0, 0.1) is 10.8 Å². The van der Waals surface area contributed by atoms with Crippen molar-refractivity contribution in [3.8, 4) is 0 Å². The van der Waals surface area contributed by atoms with Crippen LogP contribution in [-0.2, 0) is 29.0 Å². The third-order valence-corrected chi connectivity index (χ3v) is 10.1. The Morgan fingerprint density at radius 2 is 1.79 bits per heavy atom. The normalized spacial score (nSPS) is 28.8. The summed E-state index contributed by atoms with van der Waals surface area (Å²) in [6.45, 7) is 8.71. The van der Waals surface area contributed by atoms with E-state index in [-0.39, 0.29) is 5.41 Å². The first kappa shape index (κ1) is 24.8. The number of hydrogen-bond acceptors (Lipinski definition) is 7. The molecule has 38 heavy (non-hydrogen) atoms. The van der Waals surface area contributed by atoms with Gasteiger partial charge in [0.05, 0.1) is 25.0 Å². The molecular weight excluding hydrogens is 474 g/mol. The molecule has 204 valence electrons. The highest BCUT2D eigenvalue weighted by Gasteiger charge is 2.42. The van der Waals surface area contributed by atoms with E-state index in [0.29, 0.717) is 11.5 Å². The van der Waals surface area contributed by atoms with E-state index in [1.54, 1.807) is 0 Å². The minimum atomic E-state index is 0.242.